The second-order valence-corrected chi connectivity index (χ2v) is 5.97. The first-order valence-corrected chi connectivity index (χ1v) is 8.64. The van der Waals surface area contributed by atoms with E-state index >= 15 is 0 Å². The molecule has 0 atom stereocenters. The first-order valence-electron chi connectivity index (χ1n) is 8.64. The molecule has 0 unspecified atom stereocenters. The van der Waals surface area contributed by atoms with E-state index in [2.05, 4.69) is 15.6 Å². The molecule has 27 heavy (non-hydrogen) atoms. The van der Waals surface area contributed by atoms with Crippen molar-refractivity contribution in [1.82, 2.24) is 10.3 Å². The number of hydrogen-bond donors (Lipinski definition) is 1. The zero-order valence-corrected chi connectivity index (χ0v) is 15.5. The molecule has 1 aromatic heterocycles. The van der Waals surface area contributed by atoms with Gasteiger partial charge in [-0.05, 0) is 71.7 Å². The van der Waals surface area contributed by atoms with Gasteiger partial charge < -0.3 is 14.8 Å². The number of rotatable bonds is 7. The van der Waals surface area contributed by atoms with Crippen LogP contribution in [0.4, 0.5) is 5.82 Å². The fraction of sp³-hybridized carbons (Fsp3) is 0.250. The van der Waals surface area contributed by atoms with Gasteiger partial charge in [0.2, 0.25) is 5.82 Å². The van der Waals surface area contributed by atoms with E-state index in [0.717, 1.165) is 29.0 Å². The molecule has 1 heterocycles. The zero-order chi connectivity index (χ0) is 19.2. The summed E-state index contributed by atoms with van der Waals surface area (Å²) in [5.74, 6) is 1.45. The number of benzene rings is 2. The molecule has 1 amide bonds. The number of nitrogens with one attached hydrogen (secondary N) is 1. The second kappa shape index (κ2) is 8.35. The van der Waals surface area contributed by atoms with Crippen LogP contribution < -0.4 is 14.8 Å². The monoisotopic (exact) mass is 367 g/mol. The average Bonchev–Trinajstić information content (AvgIpc) is 3.14. The third-order valence-corrected chi connectivity index (χ3v) is 3.98. The number of carbonyl (C=O) groups excluding carboxylic acids is 1. The van der Waals surface area contributed by atoms with E-state index < -0.39 is 0 Å². The number of nitrogens with zero attached hydrogens (tertiary/aromatic N) is 2. The van der Waals surface area contributed by atoms with Crippen LogP contribution in [0.1, 0.15) is 29.3 Å². The molecular weight excluding hydrogens is 346 g/mol. The van der Waals surface area contributed by atoms with Crippen molar-refractivity contribution in [3.8, 4) is 22.8 Å². The van der Waals surface area contributed by atoms with E-state index in [1.165, 1.54) is 0 Å². The fourth-order valence-electron chi connectivity index (χ4n) is 2.59. The molecule has 0 fully saturated rings. The average molecular weight is 367 g/mol. The number of aryl methyl sites for hydroxylation is 1. The van der Waals surface area contributed by atoms with Crippen LogP contribution in [0.3, 0.4) is 0 Å². The Labute approximate surface area is 157 Å². The lowest BCUT2D eigenvalue weighted by Gasteiger charge is -2.08. The molecule has 0 aliphatic carbocycles. The molecule has 7 heteroatoms. The summed E-state index contributed by atoms with van der Waals surface area (Å²) in [6.45, 7) is 4.60. The Kier molecular flexibility index (Phi) is 5.71. The molecule has 2 aromatic carbocycles. The van der Waals surface area contributed by atoms with Crippen molar-refractivity contribution in [2.45, 2.75) is 20.3 Å². The minimum Gasteiger partial charge on any atom is -0.496 e. The van der Waals surface area contributed by atoms with Crippen molar-refractivity contribution in [1.29, 1.82) is 0 Å². The highest BCUT2D eigenvalue weighted by Gasteiger charge is 2.17. The van der Waals surface area contributed by atoms with Crippen LogP contribution in [0.15, 0.2) is 47.1 Å². The summed E-state index contributed by atoms with van der Waals surface area (Å²) in [7, 11) is 1.61. The molecule has 140 valence electrons. The van der Waals surface area contributed by atoms with Crippen molar-refractivity contribution >= 4 is 11.7 Å². The van der Waals surface area contributed by atoms with Gasteiger partial charge in [0.15, 0.2) is 5.69 Å². The molecule has 3 rings (SSSR count). The quantitative estimate of drug-likeness (QED) is 0.677. The van der Waals surface area contributed by atoms with E-state index in [9.17, 15) is 4.79 Å². The highest BCUT2D eigenvalue weighted by Crippen LogP contribution is 2.29. The van der Waals surface area contributed by atoms with Crippen LogP contribution in [-0.2, 0) is 0 Å². The van der Waals surface area contributed by atoms with Crippen LogP contribution >= 0.6 is 0 Å². The van der Waals surface area contributed by atoms with E-state index in [1.54, 1.807) is 31.4 Å². The Bertz CT molecular complexity index is 919. The Morgan fingerprint density at radius 1 is 1.15 bits per heavy atom. The minimum absolute atomic E-state index is 0.260. The van der Waals surface area contributed by atoms with Crippen molar-refractivity contribution in [3.63, 3.8) is 0 Å². The summed E-state index contributed by atoms with van der Waals surface area (Å²) in [6.07, 6.45) is 0.926. The first-order chi connectivity index (χ1) is 13.1. The molecule has 0 radical (unpaired) electrons. The molecular formula is C20H21N3O4. The molecule has 7 nitrogen and oxygen atoms in total. The maximum atomic E-state index is 12.5. The summed E-state index contributed by atoms with van der Waals surface area (Å²) >= 11 is 0. The molecule has 0 bridgehead atoms. The van der Waals surface area contributed by atoms with Crippen molar-refractivity contribution < 1.29 is 18.9 Å². The van der Waals surface area contributed by atoms with Gasteiger partial charge in [0.25, 0.3) is 5.91 Å². The van der Waals surface area contributed by atoms with Crippen molar-refractivity contribution in [2.75, 3.05) is 19.0 Å². The predicted molar refractivity (Wildman–Crippen MR) is 101 cm³/mol. The summed E-state index contributed by atoms with van der Waals surface area (Å²) in [5.41, 5.74) is 2.65. The van der Waals surface area contributed by atoms with Crippen LogP contribution in [-0.4, -0.2) is 29.9 Å². The van der Waals surface area contributed by atoms with Gasteiger partial charge in [-0.15, -0.1) is 0 Å². The minimum atomic E-state index is -0.306. The van der Waals surface area contributed by atoms with Crippen molar-refractivity contribution in [3.05, 3.63) is 53.6 Å². The second-order valence-electron chi connectivity index (χ2n) is 5.97. The summed E-state index contributed by atoms with van der Waals surface area (Å²) in [6, 6.07) is 12.5. The van der Waals surface area contributed by atoms with Crippen LogP contribution in [0.2, 0.25) is 0 Å². The number of hydrogen-bond acceptors (Lipinski definition) is 6. The normalized spacial score (nSPS) is 10.5. The van der Waals surface area contributed by atoms with E-state index in [-0.39, 0.29) is 11.7 Å². The highest BCUT2D eigenvalue weighted by atomic mass is 16.6. The molecule has 0 aliphatic rings. The van der Waals surface area contributed by atoms with Gasteiger partial charge in [-0.1, -0.05) is 6.92 Å². The predicted octanol–water partition coefficient (Wildman–Crippen LogP) is 4.09. The third-order valence-electron chi connectivity index (χ3n) is 3.98. The number of carbonyl (C=O) groups is 1. The Balaban J connectivity index is 1.76. The van der Waals surface area contributed by atoms with Crippen LogP contribution in [0.5, 0.6) is 11.5 Å². The number of methoxy groups -OCH3 is 1. The lowest BCUT2D eigenvalue weighted by atomic mass is 10.1. The van der Waals surface area contributed by atoms with Crippen LogP contribution in [0.25, 0.3) is 11.3 Å². The number of ether oxygens (including phenoxy) is 2. The lowest BCUT2D eigenvalue weighted by Crippen LogP contribution is -2.12. The lowest BCUT2D eigenvalue weighted by molar-refractivity contribution is 0.102. The number of amides is 1. The summed E-state index contributed by atoms with van der Waals surface area (Å²) in [4.78, 5) is 12.5. The largest absolute Gasteiger partial charge is 0.496 e. The summed E-state index contributed by atoms with van der Waals surface area (Å²) < 4.78 is 15.6. The third kappa shape index (κ3) is 4.25. The molecule has 0 spiro atoms. The molecule has 0 saturated carbocycles. The highest BCUT2D eigenvalue weighted by molar-refractivity contribution is 6.05. The Morgan fingerprint density at radius 2 is 1.93 bits per heavy atom. The smallest absolute Gasteiger partial charge is 0.256 e. The van der Waals surface area contributed by atoms with Gasteiger partial charge >= 0.3 is 0 Å². The maximum absolute atomic E-state index is 12.5. The Morgan fingerprint density at radius 3 is 2.59 bits per heavy atom. The van der Waals surface area contributed by atoms with Crippen molar-refractivity contribution in [2.24, 2.45) is 0 Å². The number of aromatic nitrogens is 2. The Hall–Kier alpha value is -3.35. The first kappa shape index (κ1) is 18.4. The molecule has 3 aromatic rings. The van der Waals surface area contributed by atoms with Gasteiger partial charge in [-0.25, -0.2) is 4.63 Å². The van der Waals surface area contributed by atoms with Gasteiger partial charge in [-0.2, -0.15) is 0 Å². The topological polar surface area (TPSA) is 86.5 Å². The molecule has 1 N–H and O–H groups in total. The maximum Gasteiger partial charge on any atom is 0.256 e. The van der Waals surface area contributed by atoms with E-state index in [0.29, 0.717) is 17.9 Å². The SMILES string of the molecule is CCCOc1ccc(C(=O)Nc2nonc2-c2ccc(OC)c(C)c2)cc1. The van der Waals surface area contributed by atoms with Gasteiger partial charge in [-0.3, -0.25) is 4.79 Å². The van der Waals surface area contributed by atoms with E-state index in [1.807, 2.05) is 32.0 Å². The molecule has 0 saturated heterocycles. The van der Waals surface area contributed by atoms with Gasteiger partial charge in [0, 0.05) is 11.1 Å². The summed E-state index contributed by atoms with van der Waals surface area (Å²) in [5, 5.41) is 10.5. The van der Waals surface area contributed by atoms with E-state index in [4.69, 9.17) is 14.1 Å². The fourth-order valence-corrected chi connectivity index (χ4v) is 2.59. The zero-order valence-electron chi connectivity index (χ0n) is 15.5. The van der Waals surface area contributed by atoms with Gasteiger partial charge in [0.1, 0.15) is 11.5 Å². The van der Waals surface area contributed by atoms with Crippen LogP contribution in [0, 0.1) is 6.92 Å². The van der Waals surface area contributed by atoms with Gasteiger partial charge in [0.05, 0.1) is 13.7 Å². The standard InChI is InChI=1S/C20H21N3O4/c1-4-11-26-16-8-5-14(6-9-16)20(24)21-19-18(22-27-23-19)15-7-10-17(25-3)13(2)12-15/h5-10,12H,4,11H2,1-3H3,(H,21,23,24). The molecule has 0 aliphatic heterocycles. The number of anilines is 1.